The Morgan fingerprint density at radius 1 is 1.44 bits per heavy atom. The molecule has 1 aromatic rings. The molecular weight excluding hydrogens is 258 g/mol. The lowest BCUT2D eigenvalue weighted by molar-refractivity contribution is -0.135. The third-order valence-corrected chi connectivity index (χ3v) is 4.51. The molecule has 0 saturated carbocycles. The van der Waals surface area contributed by atoms with E-state index >= 15 is 0 Å². The fourth-order valence-corrected chi connectivity index (χ4v) is 3.70. The normalized spacial score (nSPS) is 21.7. The van der Waals surface area contributed by atoms with E-state index in [1.54, 1.807) is 6.07 Å². The summed E-state index contributed by atoms with van der Waals surface area (Å²) in [4.78, 5) is 20.3. The molecular formula is C10H13N3O4S. The zero-order valence-corrected chi connectivity index (χ0v) is 10.4. The Bertz CT molecular complexity index is 531. The lowest BCUT2D eigenvalue weighted by atomic mass is 10.2. The van der Waals surface area contributed by atoms with Gasteiger partial charge in [-0.25, -0.2) is 18.4 Å². The zero-order chi connectivity index (χ0) is 13.2. The van der Waals surface area contributed by atoms with Gasteiger partial charge in [-0.2, -0.15) is 0 Å². The van der Waals surface area contributed by atoms with Crippen molar-refractivity contribution in [2.45, 2.75) is 12.5 Å². The van der Waals surface area contributed by atoms with E-state index in [1.165, 1.54) is 17.3 Å². The number of hydrogen-bond donors (Lipinski definition) is 1. The largest absolute Gasteiger partial charge is 0.480 e. The minimum Gasteiger partial charge on any atom is -0.480 e. The molecule has 0 spiro atoms. The number of carboxylic acids is 1. The Hall–Kier alpha value is -1.70. The van der Waals surface area contributed by atoms with Crippen molar-refractivity contribution >= 4 is 21.8 Å². The average molecular weight is 271 g/mol. The third-order valence-electron chi connectivity index (χ3n) is 2.76. The number of rotatable bonds is 4. The van der Waals surface area contributed by atoms with Gasteiger partial charge in [-0.05, 0) is 12.5 Å². The smallest absolute Gasteiger partial charge is 0.323 e. The second-order valence-electron chi connectivity index (χ2n) is 4.13. The summed E-state index contributed by atoms with van der Waals surface area (Å²) in [6.45, 7) is -0.301. The lowest BCUT2D eigenvalue weighted by Gasteiger charge is -2.26. The molecule has 2 rings (SSSR count). The van der Waals surface area contributed by atoms with Gasteiger partial charge in [0.15, 0.2) is 9.84 Å². The number of carboxylic acid groups (broad SMARTS) is 1. The fraction of sp³-hybridized carbons (Fsp3) is 0.500. The number of sulfone groups is 1. The molecule has 1 fully saturated rings. The highest BCUT2D eigenvalue weighted by atomic mass is 32.2. The summed E-state index contributed by atoms with van der Waals surface area (Å²) in [5.41, 5.74) is 0. The van der Waals surface area contributed by atoms with E-state index in [1.807, 2.05) is 0 Å². The van der Waals surface area contributed by atoms with Crippen molar-refractivity contribution < 1.29 is 18.3 Å². The number of aliphatic carboxylic acids is 1. The molecule has 2 heterocycles. The summed E-state index contributed by atoms with van der Waals surface area (Å²) in [5.74, 6) is -0.743. The summed E-state index contributed by atoms with van der Waals surface area (Å²) in [7, 11) is -3.07. The SMILES string of the molecule is O=C(O)CN(c1ncccn1)C1CCS(=O)(=O)C1. The molecule has 0 aromatic carbocycles. The molecule has 0 amide bonds. The van der Waals surface area contributed by atoms with Crippen molar-refractivity contribution in [3.63, 3.8) is 0 Å². The molecule has 1 aromatic heterocycles. The van der Waals surface area contributed by atoms with Gasteiger partial charge in [0.1, 0.15) is 6.54 Å². The van der Waals surface area contributed by atoms with E-state index in [-0.39, 0.29) is 30.0 Å². The number of hydrogen-bond acceptors (Lipinski definition) is 6. The van der Waals surface area contributed by atoms with Crippen LogP contribution in [0.25, 0.3) is 0 Å². The molecule has 1 aliphatic rings. The lowest BCUT2D eigenvalue weighted by Crippen LogP contribution is -2.41. The second kappa shape index (κ2) is 4.89. The molecule has 1 N–H and O–H groups in total. The molecule has 8 heteroatoms. The minimum absolute atomic E-state index is 0.0431. The molecule has 1 atom stereocenters. The van der Waals surface area contributed by atoms with E-state index in [2.05, 4.69) is 9.97 Å². The molecule has 1 saturated heterocycles. The van der Waals surface area contributed by atoms with Crippen LogP contribution >= 0.6 is 0 Å². The van der Waals surface area contributed by atoms with Crippen molar-refractivity contribution in [2.75, 3.05) is 23.0 Å². The van der Waals surface area contributed by atoms with Gasteiger partial charge in [-0.3, -0.25) is 4.79 Å². The number of anilines is 1. The average Bonchev–Trinajstić information content (AvgIpc) is 2.67. The minimum atomic E-state index is -3.07. The summed E-state index contributed by atoms with van der Waals surface area (Å²) >= 11 is 0. The highest BCUT2D eigenvalue weighted by molar-refractivity contribution is 7.91. The Labute approximate surface area is 104 Å². The monoisotopic (exact) mass is 271 g/mol. The maximum atomic E-state index is 11.4. The summed E-state index contributed by atoms with van der Waals surface area (Å²) < 4.78 is 22.9. The van der Waals surface area contributed by atoms with Gasteiger partial charge >= 0.3 is 5.97 Å². The first-order chi connectivity index (χ1) is 8.48. The van der Waals surface area contributed by atoms with Crippen molar-refractivity contribution in [3.8, 4) is 0 Å². The Morgan fingerprint density at radius 3 is 2.61 bits per heavy atom. The van der Waals surface area contributed by atoms with Crippen LogP contribution in [0.15, 0.2) is 18.5 Å². The first kappa shape index (κ1) is 12.7. The highest BCUT2D eigenvalue weighted by Crippen LogP contribution is 2.20. The van der Waals surface area contributed by atoms with Crippen LogP contribution in [0.5, 0.6) is 0 Å². The highest BCUT2D eigenvalue weighted by Gasteiger charge is 2.34. The van der Waals surface area contributed by atoms with Crippen LogP contribution in [-0.4, -0.2) is 53.6 Å². The summed E-state index contributed by atoms with van der Waals surface area (Å²) in [5, 5.41) is 8.89. The second-order valence-corrected chi connectivity index (χ2v) is 6.36. The van der Waals surface area contributed by atoms with Crippen molar-refractivity contribution in [2.24, 2.45) is 0 Å². The maximum Gasteiger partial charge on any atom is 0.323 e. The van der Waals surface area contributed by atoms with Gasteiger partial charge in [0, 0.05) is 18.4 Å². The van der Waals surface area contributed by atoms with E-state index in [0.717, 1.165) is 0 Å². The molecule has 0 aliphatic carbocycles. The van der Waals surface area contributed by atoms with Crippen LogP contribution in [0.2, 0.25) is 0 Å². The number of nitrogens with zero attached hydrogens (tertiary/aromatic N) is 3. The molecule has 7 nitrogen and oxygen atoms in total. The van der Waals surface area contributed by atoms with E-state index in [4.69, 9.17) is 5.11 Å². The predicted octanol–water partition coefficient (Wildman–Crippen LogP) is -0.445. The van der Waals surface area contributed by atoms with Crippen molar-refractivity contribution in [3.05, 3.63) is 18.5 Å². The van der Waals surface area contributed by atoms with Gasteiger partial charge in [0.2, 0.25) is 5.95 Å². The van der Waals surface area contributed by atoms with Gasteiger partial charge in [0.05, 0.1) is 11.5 Å². The van der Waals surface area contributed by atoms with Gasteiger partial charge in [-0.15, -0.1) is 0 Å². The molecule has 0 bridgehead atoms. The first-order valence-corrected chi connectivity index (χ1v) is 7.26. The summed E-state index contributed by atoms with van der Waals surface area (Å²) in [6.07, 6.45) is 3.41. The molecule has 1 aliphatic heterocycles. The van der Waals surface area contributed by atoms with Gasteiger partial charge in [0.25, 0.3) is 0 Å². The van der Waals surface area contributed by atoms with Crippen LogP contribution < -0.4 is 4.90 Å². The van der Waals surface area contributed by atoms with Crippen LogP contribution in [0.3, 0.4) is 0 Å². The predicted molar refractivity (Wildman–Crippen MR) is 64.1 cm³/mol. The molecule has 0 radical (unpaired) electrons. The molecule has 1 unspecified atom stereocenters. The Morgan fingerprint density at radius 2 is 2.11 bits per heavy atom. The molecule has 18 heavy (non-hydrogen) atoms. The van der Waals surface area contributed by atoms with Crippen LogP contribution in [0.4, 0.5) is 5.95 Å². The Balaban J connectivity index is 2.24. The summed E-state index contributed by atoms with van der Waals surface area (Å²) in [6, 6.07) is 1.25. The molecule has 98 valence electrons. The first-order valence-electron chi connectivity index (χ1n) is 5.44. The van der Waals surface area contributed by atoms with E-state index < -0.39 is 15.8 Å². The Kier molecular flexibility index (Phi) is 3.46. The van der Waals surface area contributed by atoms with Crippen molar-refractivity contribution in [1.82, 2.24) is 9.97 Å². The van der Waals surface area contributed by atoms with E-state index in [0.29, 0.717) is 6.42 Å². The van der Waals surface area contributed by atoms with E-state index in [9.17, 15) is 13.2 Å². The van der Waals surface area contributed by atoms with Crippen LogP contribution in [0.1, 0.15) is 6.42 Å². The quantitative estimate of drug-likeness (QED) is 0.791. The number of aromatic nitrogens is 2. The fourth-order valence-electron chi connectivity index (χ4n) is 1.97. The van der Waals surface area contributed by atoms with Crippen LogP contribution in [-0.2, 0) is 14.6 Å². The standard InChI is InChI=1S/C10H13N3O4S/c14-9(15)6-13(10-11-3-1-4-12-10)8-2-5-18(16,17)7-8/h1,3-4,8H,2,5-7H2,(H,14,15). The topological polar surface area (TPSA) is 100 Å². The van der Waals surface area contributed by atoms with Gasteiger partial charge < -0.3 is 10.0 Å². The van der Waals surface area contributed by atoms with Crippen LogP contribution in [0, 0.1) is 0 Å². The van der Waals surface area contributed by atoms with Gasteiger partial charge in [-0.1, -0.05) is 0 Å². The number of carbonyl (C=O) groups is 1. The zero-order valence-electron chi connectivity index (χ0n) is 9.56. The third kappa shape index (κ3) is 2.95. The van der Waals surface area contributed by atoms with Crippen molar-refractivity contribution in [1.29, 1.82) is 0 Å². The maximum absolute atomic E-state index is 11.4.